The van der Waals surface area contributed by atoms with Crippen molar-refractivity contribution in [3.63, 3.8) is 0 Å². The van der Waals surface area contributed by atoms with E-state index in [0.717, 1.165) is 38.4 Å². The van der Waals surface area contributed by atoms with Gasteiger partial charge in [0.2, 0.25) is 10.0 Å². The minimum absolute atomic E-state index is 0.0386. The van der Waals surface area contributed by atoms with Crippen LogP contribution in [0, 0.1) is 5.92 Å². The molecule has 0 unspecified atom stereocenters. The van der Waals surface area contributed by atoms with E-state index in [1.54, 1.807) is 0 Å². The van der Waals surface area contributed by atoms with Crippen molar-refractivity contribution >= 4 is 16.0 Å². The van der Waals surface area contributed by atoms with E-state index < -0.39 is 16.0 Å². The van der Waals surface area contributed by atoms with Gasteiger partial charge in [0.1, 0.15) is 10.6 Å². The quantitative estimate of drug-likeness (QED) is 0.718. The Hall–Kier alpha value is -1.38. The zero-order valence-electron chi connectivity index (χ0n) is 12.0. The number of nitrogens with zero attached hydrogens (tertiary/aromatic N) is 1. The molecule has 0 aromatic carbocycles. The molecule has 1 aromatic rings. The van der Waals surface area contributed by atoms with Crippen LogP contribution in [-0.4, -0.2) is 56.1 Å². The van der Waals surface area contributed by atoms with E-state index in [0.29, 0.717) is 12.5 Å². The van der Waals surface area contributed by atoms with Gasteiger partial charge in [0.25, 0.3) is 0 Å². The van der Waals surface area contributed by atoms with E-state index in [-0.39, 0.29) is 10.6 Å². The fraction of sp³-hybridized carbons (Fsp3) is 0.615. The maximum absolute atomic E-state index is 12.0. The molecule has 1 fully saturated rings. The number of hydrogen-bond donors (Lipinski definition) is 3. The molecule has 1 saturated heterocycles. The van der Waals surface area contributed by atoms with Crippen molar-refractivity contribution in [1.29, 1.82) is 0 Å². The van der Waals surface area contributed by atoms with Gasteiger partial charge in [-0.1, -0.05) is 0 Å². The van der Waals surface area contributed by atoms with Gasteiger partial charge in [-0.15, -0.1) is 0 Å². The largest absolute Gasteiger partial charge is 0.477 e. The second kappa shape index (κ2) is 6.59. The number of aromatic carboxylic acids is 1. The topological polar surface area (TPSA) is 103 Å². The van der Waals surface area contributed by atoms with Gasteiger partial charge in [0, 0.05) is 12.7 Å². The normalized spacial score (nSPS) is 18.0. The number of carbonyl (C=O) groups is 1. The molecule has 0 aliphatic carbocycles. The third-order valence-corrected chi connectivity index (χ3v) is 5.32. The molecule has 2 heterocycles. The Balaban J connectivity index is 1.85. The fourth-order valence-corrected chi connectivity index (χ4v) is 3.52. The van der Waals surface area contributed by atoms with Crippen molar-refractivity contribution in [3.05, 3.63) is 18.0 Å². The summed E-state index contributed by atoms with van der Waals surface area (Å²) >= 11 is 0. The lowest BCUT2D eigenvalue weighted by Crippen LogP contribution is -2.32. The molecular weight excluding hydrogens is 294 g/mol. The molecule has 0 atom stereocenters. The minimum Gasteiger partial charge on any atom is -0.477 e. The van der Waals surface area contributed by atoms with Crippen molar-refractivity contribution in [1.82, 2.24) is 14.6 Å². The number of carboxylic acid groups (broad SMARTS) is 1. The van der Waals surface area contributed by atoms with Crippen LogP contribution in [0.3, 0.4) is 0 Å². The van der Waals surface area contributed by atoms with Crippen molar-refractivity contribution in [3.8, 4) is 0 Å². The molecule has 0 saturated carbocycles. The van der Waals surface area contributed by atoms with Crippen LogP contribution in [0.5, 0.6) is 0 Å². The highest BCUT2D eigenvalue weighted by Gasteiger charge is 2.20. The van der Waals surface area contributed by atoms with E-state index in [2.05, 4.69) is 21.7 Å². The van der Waals surface area contributed by atoms with E-state index in [9.17, 15) is 13.2 Å². The van der Waals surface area contributed by atoms with E-state index in [1.807, 2.05) is 0 Å². The number of carboxylic acids is 1. The van der Waals surface area contributed by atoms with Crippen molar-refractivity contribution in [2.45, 2.75) is 24.2 Å². The number of piperidine rings is 1. The third kappa shape index (κ3) is 4.29. The van der Waals surface area contributed by atoms with Crippen LogP contribution in [0.2, 0.25) is 0 Å². The van der Waals surface area contributed by atoms with Crippen LogP contribution in [0.25, 0.3) is 0 Å². The molecule has 0 amide bonds. The molecule has 7 nitrogen and oxygen atoms in total. The molecule has 0 radical (unpaired) electrons. The van der Waals surface area contributed by atoms with Gasteiger partial charge >= 0.3 is 5.97 Å². The SMILES string of the molecule is CN1CCC(CCNS(=O)(=O)c2c[nH]c(C(=O)O)c2)CC1. The summed E-state index contributed by atoms with van der Waals surface area (Å²) < 4.78 is 26.6. The van der Waals surface area contributed by atoms with Crippen LogP contribution in [0.15, 0.2) is 17.2 Å². The molecular formula is C13H21N3O4S. The molecule has 0 bridgehead atoms. The smallest absolute Gasteiger partial charge is 0.352 e. The second-order valence-electron chi connectivity index (χ2n) is 5.49. The summed E-state index contributed by atoms with van der Waals surface area (Å²) in [5.41, 5.74) is -0.134. The Labute approximate surface area is 124 Å². The first kappa shape index (κ1) is 16.0. The molecule has 1 aliphatic heterocycles. The fourth-order valence-electron chi connectivity index (χ4n) is 2.48. The summed E-state index contributed by atoms with van der Waals surface area (Å²) in [6.45, 7) is 2.48. The van der Waals surface area contributed by atoms with Gasteiger partial charge in [-0.3, -0.25) is 0 Å². The van der Waals surface area contributed by atoms with Gasteiger partial charge in [-0.25, -0.2) is 17.9 Å². The number of hydrogen-bond acceptors (Lipinski definition) is 4. The molecule has 3 N–H and O–H groups in total. The van der Waals surface area contributed by atoms with Crippen LogP contribution >= 0.6 is 0 Å². The van der Waals surface area contributed by atoms with Crippen molar-refractivity contribution in [2.24, 2.45) is 5.92 Å². The lowest BCUT2D eigenvalue weighted by atomic mass is 9.94. The minimum atomic E-state index is -3.64. The van der Waals surface area contributed by atoms with E-state index in [4.69, 9.17) is 5.11 Å². The van der Waals surface area contributed by atoms with Gasteiger partial charge in [0.05, 0.1) is 0 Å². The number of rotatable bonds is 6. The number of likely N-dealkylation sites (tertiary alicyclic amines) is 1. The van der Waals surface area contributed by atoms with Crippen LogP contribution in [-0.2, 0) is 10.0 Å². The number of nitrogens with one attached hydrogen (secondary N) is 2. The summed E-state index contributed by atoms with van der Waals surface area (Å²) in [4.78, 5) is 15.4. The molecule has 2 rings (SSSR count). The predicted molar refractivity (Wildman–Crippen MR) is 77.8 cm³/mol. The number of H-pyrrole nitrogens is 1. The predicted octanol–water partition coefficient (Wildman–Crippen LogP) is 0.723. The molecule has 118 valence electrons. The third-order valence-electron chi connectivity index (χ3n) is 3.88. The zero-order chi connectivity index (χ0) is 15.5. The lowest BCUT2D eigenvalue weighted by molar-refractivity contribution is 0.0691. The first-order valence-electron chi connectivity index (χ1n) is 6.98. The van der Waals surface area contributed by atoms with Crippen LogP contribution in [0.4, 0.5) is 0 Å². The highest BCUT2D eigenvalue weighted by atomic mass is 32.2. The molecule has 1 aliphatic rings. The Morgan fingerprint density at radius 2 is 2.14 bits per heavy atom. The van der Waals surface area contributed by atoms with Gasteiger partial charge in [0.15, 0.2) is 0 Å². The Kier molecular flexibility index (Phi) is 5.02. The van der Waals surface area contributed by atoms with Crippen molar-refractivity contribution < 1.29 is 18.3 Å². The molecule has 21 heavy (non-hydrogen) atoms. The van der Waals surface area contributed by atoms with Crippen LogP contribution < -0.4 is 4.72 Å². The number of aromatic nitrogens is 1. The molecule has 1 aromatic heterocycles. The molecule has 0 spiro atoms. The van der Waals surface area contributed by atoms with E-state index in [1.165, 1.54) is 6.20 Å². The summed E-state index contributed by atoms with van der Waals surface area (Å²) in [5.74, 6) is -0.632. The first-order valence-corrected chi connectivity index (χ1v) is 8.47. The Morgan fingerprint density at radius 3 is 2.71 bits per heavy atom. The van der Waals surface area contributed by atoms with Gasteiger partial charge < -0.3 is 15.0 Å². The van der Waals surface area contributed by atoms with Gasteiger partial charge in [-0.2, -0.15) is 0 Å². The van der Waals surface area contributed by atoms with Crippen LogP contribution in [0.1, 0.15) is 29.8 Å². The average Bonchev–Trinajstić information content (AvgIpc) is 2.91. The number of aromatic amines is 1. The summed E-state index contributed by atoms with van der Waals surface area (Å²) in [7, 11) is -1.55. The maximum Gasteiger partial charge on any atom is 0.352 e. The monoisotopic (exact) mass is 315 g/mol. The highest BCUT2D eigenvalue weighted by molar-refractivity contribution is 7.89. The molecule has 8 heteroatoms. The average molecular weight is 315 g/mol. The lowest BCUT2D eigenvalue weighted by Gasteiger charge is -2.28. The zero-order valence-corrected chi connectivity index (χ0v) is 12.8. The summed E-state index contributed by atoms with van der Waals surface area (Å²) in [6.07, 6.45) is 4.18. The first-order chi connectivity index (χ1) is 9.88. The number of sulfonamides is 1. The second-order valence-corrected chi connectivity index (χ2v) is 7.25. The standard InChI is InChI=1S/C13H21N3O4S/c1-16-6-3-10(4-7-16)2-5-15-21(19,20)11-8-12(13(17)18)14-9-11/h8-10,14-15H,2-7H2,1H3,(H,17,18). The Bertz CT molecular complexity index is 588. The maximum atomic E-state index is 12.0. The highest BCUT2D eigenvalue weighted by Crippen LogP contribution is 2.19. The Morgan fingerprint density at radius 1 is 1.48 bits per heavy atom. The summed E-state index contributed by atoms with van der Waals surface area (Å²) in [5, 5.41) is 8.78. The van der Waals surface area contributed by atoms with Crippen molar-refractivity contribution in [2.75, 3.05) is 26.7 Å². The van der Waals surface area contributed by atoms with E-state index >= 15 is 0 Å². The van der Waals surface area contributed by atoms with Gasteiger partial charge in [-0.05, 0) is 51.4 Å². The summed E-state index contributed by atoms with van der Waals surface area (Å²) in [6, 6.07) is 1.13.